The number of aliphatic hydroxyl groups excluding tert-OH is 1. The molecule has 1 aliphatic heterocycles. The second-order valence-electron chi connectivity index (χ2n) is 6.39. The first-order valence-corrected chi connectivity index (χ1v) is 9.13. The van der Waals surface area contributed by atoms with Crippen molar-refractivity contribution >= 4 is 29.1 Å². The van der Waals surface area contributed by atoms with Gasteiger partial charge < -0.3 is 19.5 Å². The van der Waals surface area contributed by atoms with Crippen LogP contribution in [0, 0.1) is 5.82 Å². The van der Waals surface area contributed by atoms with Crippen molar-refractivity contribution in [3.05, 3.63) is 70.0 Å². The number of methoxy groups -OCH3 is 2. The molecule has 1 N–H and O–H groups in total. The smallest absolute Gasteiger partial charge is 0.295 e. The third kappa shape index (κ3) is 3.97. The number of aliphatic hydroxyl groups is 1. The van der Waals surface area contributed by atoms with E-state index in [4.69, 9.17) is 21.1 Å². The number of Topliss-reactive ketones (excluding diaryl/α,β-unsaturated/α-hetero) is 1. The number of rotatable bonds is 6. The highest BCUT2D eigenvalue weighted by Crippen LogP contribution is 2.40. The molecule has 3 rings (SSSR count). The van der Waals surface area contributed by atoms with Gasteiger partial charge in [-0.3, -0.25) is 9.59 Å². The summed E-state index contributed by atoms with van der Waals surface area (Å²) >= 11 is 6.03. The van der Waals surface area contributed by atoms with E-state index in [0.29, 0.717) is 16.3 Å². The van der Waals surface area contributed by atoms with Gasteiger partial charge in [-0.1, -0.05) is 23.7 Å². The number of ether oxygens (including phenoxy) is 2. The summed E-state index contributed by atoms with van der Waals surface area (Å²) in [7, 11) is 2.90. The Balaban J connectivity index is 2.17. The molecule has 1 fully saturated rings. The zero-order valence-corrected chi connectivity index (χ0v) is 16.6. The van der Waals surface area contributed by atoms with Crippen molar-refractivity contribution in [2.75, 3.05) is 27.4 Å². The van der Waals surface area contributed by atoms with Crippen molar-refractivity contribution in [2.45, 2.75) is 6.04 Å². The Hall–Kier alpha value is -2.90. The van der Waals surface area contributed by atoms with Gasteiger partial charge in [-0.05, 0) is 35.9 Å². The summed E-state index contributed by atoms with van der Waals surface area (Å²) in [6.45, 7) is 0.323. The molecule has 1 aliphatic rings. The molecule has 1 amide bonds. The number of hydrogen-bond donors (Lipinski definition) is 1. The molecule has 152 valence electrons. The molecule has 1 unspecified atom stereocenters. The summed E-state index contributed by atoms with van der Waals surface area (Å²) in [5, 5.41) is 11.3. The minimum absolute atomic E-state index is 0.0953. The lowest BCUT2D eigenvalue weighted by Crippen LogP contribution is -2.32. The van der Waals surface area contributed by atoms with E-state index in [2.05, 4.69) is 0 Å². The highest BCUT2D eigenvalue weighted by Gasteiger charge is 2.45. The van der Waals surface area contributed by atoms with Crippen molar-refractivity contribution in [1.82, 2.24) is 4.90 Å². The van der Waals surface area contributed by atoms with E-state index < -0.39 is 23.5 Å². The Morgan fingerprint density at radius 3 is 2.48 bits per heavy atom. The first-order valence-electron chi connectivity index (χ1n) is 8.75. The molecule has 0 saturated carbocycles. The van der Waals surface area contributed by atoms with Crippen LogP contribution in [0.4, 0.5) is 4.39 Å². The third-order valence-corrected chi connectivity index (χ3v) is 5.00. The maximum absolute atomic E-state index is 13.4. The third-order valence-electron chi connectivity index (χ3n) is 4.69. The summed E-state index contributed by atoms with van der Waals surface area (Å²) in [5.41, 5.74) is 0.661. The number of halogens is 2. The van der Waals surface area contributed by atoms with Gasteiger partial charge in [-0.15, -0.1) is 0 Å². The predicted octanol–water partition coefficient (Wildman–Crippen LogP) is 3.56. The van der Waals surface area contributed by atoms with E-state index in [1.807, 2.05) is 0 Å². The number of likely N-dealkylation sites (tertiary alicyclic amines) is 1. The van der Waals surface area contributed by atoms with E-state index in [1.54, 1.807) is 0 Å². The minimum Gasteiger partial charge on any atom is -0.507 e. The van der Waals surface area contributed by atoms with Crippen LogP contribution in [0.5, 0.6) is 5.75 Å². The average molecular weight is 420 g/mol. The van der Waals surface area contributed by atoms with Crippen molar-refractivity contribution in [1.29, 1.82) is 0 Å². The summed E-state index contributed by atoms with van der Waals surface area (Å²) in [6.07, 6.45) is 0. The van der Waals surface area contributed by atoms with E-state index in [9.17, 15) is 19.1 Å². The SMILES string of the molecule is COCCN1C(=O)C(=O)/C(=C(\O)c2ccc(Cl)c(OC)c2)C1c1ccc(F)cc1. The van der Waals surface area contributed by atoms with Gasteiger partial charge in [0.2, 0.25) is 0 Å². The summed E-state index contributed by atoms with van der Waals surface area (Å²) in [6, 6.07) is 9.04. The fraction of sp³-hybridized carbons (Fsp3) is 0.238. The van der Waals surface area contributed by atoms with Crippen LogP contribution in [-0.4, -0.2) is 49.1 Å². The topological polar surface area (TPSA) is 76.1 Å². The number of benzene rings is 2. The van der Waals surface area contributed by atoms with Gasteiger partial charge in [0.15, 0.2) is 0 Å². The highest BCUT2D eigenvalue weighted by atomic mass is 35.5. The summed E-state index contributed by atoms with van der Waals surface area (Å²) in [5.74, 6) is -2.11. The summed E-state index contributed by atoms with van der Waals surface area (Å²) in [4.78, 5) is 26.7. The Kier molecular flexibility index (Phi) is 6.20. The molecule has 8 heteroatoms. The maximum Gasteiger partial charge on any atom is 0.295 e. The molecule has 0 aliphatic carbocycles. The average Bonchev–Trinajstić information content (AvgIpc) is 2.97. The Morgan fingerprint density at radius 1 is 1.17 bits per heavy atom. The second-order valence-corrected chi connectivity index (χ2v) is 6.79. The zero-order valence-electron chi connectivity index (χ0n) is 15.8. The lowest BCUT2D eigenvalue weighted by molar-refractivity contribution is -0.140. The van der Waals surface area contributed by atoms with Crippen molar-refractivity contribution in [3.63, 3.8) is 0 Å². The van der Waals surface area contributed by atoms with Crippen LogP contribution in [0.3, 0.4) is 0 Å². The van der Waals surface area contributed by atoms with Crippen LogP contribution in [0.15, 0.2) is 48.0 Å². The van der Waals surface area contributed by atoms with Gasteiger partial charge in [0, 0.05) is 19.2 Å². The van der Waals surface area contributed by atoms with Gasteiger partial charge in [0.05, 0.1) is 30.4 Å². The van der Waals surface area contributed by atoms with Gasteiger partial charge in [0.1, 0.15) is 17.3 Å². The molecule has 0 radical (unpaired) electrons. The number of nitrogens with zero attached hydrogens (tertiary/aromatic N) is 1. The van der Waals surface area contributed by atoms with Gasteiger partial charge in [-0.25, -0.2) is 4.39 Å². The predicted molar refractivity (Wildman–Crippen MR) is 105 cm³/mol. The molecule has 2 aromatic carbocycles. The van der Waals surface area contributed by atoms with Crippen LogP contribution >= 0.6 is 11.6 Å². The minimum atomic E-state index is -0.882. The number of ketones is 1. The number of hydrogen-bond acceptors (Lipinski definition) is 5. The van der Waals surface area contributed by atoms with E-state index >= 15 is 0 Å². The van der Waals surface area contributed by atoms with Crippen LogP contribution in [0.1, 0.15) is 17.2 Å². The normalized spacial score (nSPS) is 18.3. The Labute approximate surface area is 172 Å². The van der Waals surface area contributed by atoms with Gasteiger partial charge in [-0.2, -0.15) is 0 Å². The van der Waals surface area contributed by atoms with Crippen molar-refractivity contribution in [2.24, 2.45) is 0 Å². The monoisotopic (exact) mass is 419 g/mol. The molecule has 0 bridgehead atoms. The molecule has 6 nitrogen and oxygen atoms in total. The molecule has 1 saturated heterocycles. The van der Waals surface area contributed by atoms with Crippen LogP contribution < -0.4 is 4.74 Å². The number of carbonyl (C=O) groups is 2. The Bertz CT molecular complexity index is 974. The standard InChI is InChI=1S/C21H19ClFNO5/c1-28-10-9-24-18(12-3-6-14(23)7-4-12)17(20(26)21(24)27)19(25)13-5-8-15(22)16(11-13)29-2/h3-8,11,18,25H,9-10H2,1-2H3/b19-17-. The van der Waals surface area contributed by atoms with Gasteiger partial charge >= 0.3 is 0 Å². The van der Waals surface area contributed by atoms with Gasteiger partial charge in [0.25, 0.3) is 11.7 Å². The van der Waals surface area contributed by atoms with E-state index in [1.165, 1.54) is 61.6 Å². The van der Waals surface area contributed by atoms with Crippen LogP contribution in [0.25, 0.3) is 5.76 Å². The fourth-order valence-electron chi connectivity index (χ4n) is 3.25. The fourth-order valence-corrected chi connectivity index (χ4v) is 3.45. The van der Waals surface area contributed by atoms with Crippen molar-refractivity contribution in [3.8, 4) is 5.75 Å². The molecular formula is C21H19ClFNO5. The zero-order chi connectivity index (χ0) is 21.1. The first kappa shape index (κ1) is 20.8. The molecule has 1 atom stereocenters. The Morgan fingerprint density at radius 2 is 1.86 bits per heavy atom. The first-order chi connectivity index (χ1) is 13.9. The second kappa shape index (κ2) is 8.63. The molecule has 2 aromatic rings. The van der Waals surface area contributed by atoms with E-state index in [0.717, 1.165) is 0 Å². The summed E-state index contributed by atoms with van der Waals surface area (Å²) < 4.78 is 23.6. The van der Waals surface area contributed by atoms with Crippen LogP contribution in [0.2, 0.25) is 5.02 Å². The number of carbonyl (C=O) groups excluding carboxylic acids is 2. The quantitative estimate of drug-likeness (QED) is 0.440. The molecule has 1 heterocycles. The van der Waals surface area contributed by atoms with Crippen molar-refractivity contribution < 1.29 is 28.6 Å². The lowest BCUT2D eigenvalue weighted by Gasteiger charge is -2.25. The molecule has 29 heavy (non-hydrogen) atoms. The highest BCUT2D eigenvalue weighted by molar-refractivity contribution is 6.46. The van der Waals surface area contributed by atoms with Crippen LogP contribution in [-0.2, 0) is 14.3 Å². The molecular weight excluding hydrogens is 401 g/mol. The lowest BCUT2D eigenvalue weighted by atomic mass is 9.95. The van der Waals surface area contributed by atoms with E-state index in [-0.39, 0.29) is 30.0 Å². The number of amides is 1. The molecule has 0 spiro atoms. The maximum atomic E-state index is 13.4. The molecule has 0 aromatic heterocycles. The largest absolute Gasteiger partial charge is 0.507 e.